The first-order valence-corrected chi connectivity index (χ1v) is 8.79. The van der Waals surface area contributed by atoms with Gasteiger partial charge in [0.05, 0.1) is 17.5 Å². The summed E-state index contributed by atoms with van der Waals surface area (Å²) < 4.78 is 42.0. The third-order valence-electron chi connectivity index (χ3n) is 4.16. The van der Waals surface area contributed by atoms with Crippen molar-refractivity contribution in [2.24, 2.45) is 0 Å². The Balaban J connectivity index is 1.92. The van der Waals surface area contributed by atoms with Gasteiger partial charge in [0, 0.05) is 17.7 Å². The summed E-state index contributed by atoms with van der Waals surface area (Å²) in [7, 11) is 0. The van der Waals surface area contributed by atoms with E-state index in [1.54, 1.807) is 0 Å². The molecule has 0 aliphatic heterocycles. The topological polar surface area (TPSA) is 104 Å². The minimum absolute atomic E-state index is 0.162. The number of aliphatic carboxylic acids is 1. The third kappa shape index (κ3) is 4.38. The fourth-order valence-corrected chi connectivity index (χ4v) is 2.97. The van der Waals surface area contributed by atoms with Crippen molar-refractivity contribution < 1.29 is 27.9 Å². The molecule has 0 fully saturated rings. The summed E-state index contributed by atoms with van der Waals surface area (Å²) in [5.41, 5.74) is -1.66. The van der Waals surface area contributed by atoms with E-state index < -0.39 is 47.4 Å². The van der Waals surface area contributed by atoms with E-state index in [0.717, 1.165) is 18.2 Å². The van der Waals surface area contributed by atoms with Crippen LogP contribution >= 0.6 is 11.6 Å². The molecule has 1 atom stereocenters. The molecule has 0 saturated carbocycles. The highest BCUT2D eigenvalue weighted by Crippen LogP contribution is 2.26. The van der Waals surface area contributed by atoms with Crippen molar-refractivity contribution in [3.05, 3.63) is 86.6 Å². The fraction of sp³-hybridized carbons (Fsp3) is 0.105. The zero-order valence-corrected chi connectivity index (χ0v) is 15.7. The van der Waals surface area contributed by atoms with Crippen LogP contribution in [0.3, 0.4) is 0 Å². The highest BCUT2D eigenvalue weighted by molar-refractivity contribution is 6.30. The van der Waals surface area contributed by atoms with Crippen LogP contribution in [0.5, 0.6) is 0 Å². The molecule has 11 heteroatoms. The normalized spacial score (nSPS) is 11.9. The summed E-state index contributed by atoms with van der Waals surface area (Å²) in [6.07, 6.45) is -0.666. The lowest BCUT2D eigenvalue weighted by atomic mass is 10.0. The number of nitrogens with zero attached hydrogens (tertiary/aromatic N) is 1. The van der Waals surface area contributed by atoms with Gasteiger partial charge in [-0.25, -0.2) is 17.9 Å². The lowest BCUT2D eigenvalue weighted by molar-refractivity contribution is -0.137. The number of rotatable bonds is 6. The first kappa shape index (κ1) is 21.2. The largest absolute Gasteiger partial charge is 0.481 e. The van der Waals surface area contributed by atoms with E-state index in [1.807, 2.05) is 0 Å². The Kier molecular flexibility index (Phi) is 5.97. The van der Waals surface area contributed by atoms with Crippen LogP contribution in [0, 0.1) is 17.5 Å². The van der Waals surface area contributed by atoms with Crippen LogP contribution in [0.1, 0.15) is 28.5 Å². The summed E-state index contributed by atoms with van der Waals surface area (Å²) in [5.74, 6) is -5.06. The van der Waals surface area contributed by atoms with Gasteiger partial charge in [0.25, 0.3) is 11.5 Å². The summed E-state index contributed by atoms with van der Waals surface area (Å²) in [6, 6.07) is 5.93. The lowest BCUT2D eigenvalue weighted by Gasteiger charge is -2.18. The lowest BCUT2D eigenvalue weighted by Crippen LogP contribution is -2.31. The molecule has 0 aliphatic carbocycles. The number of halogens is 4. The summed E-state index contributed by atoms with van der Waals surface area (Å²) >= 11 is 5.72. The van der Waals surface area contributed by atoms with Crippen LogP contribution in [-0.2, 0) is 4.79 Å². The smallest absolute Gasteiger partial charge is 0.305 e. The molecular weight excluding hydrogens is 427 g/mol. The zero-order valence-electron chi connectivity index (χ0n) is 15.0. The predicted molar refractivity (Wildman–Crippen MR) is 100 cm³/mol. The average Bonchev–Trinajstić information content (AvgIpc) is 3.05. The van der Waals surface area contributed by atoms with Crippen molar-refractivity contribution in [3.63, 3.8) is 0 Å². The van der Waals surface area contributed by atoms with E-state index in [4.69, 9.17) is 16.7 Å². The number of carbonyl (C=O) groups excluding carboxylic acids is 1. The molecule has 0 radical (unpaired) electrons. The number of aromatic nitrogens is 2. The van der Waals surface area contributed by atoms with Gasteiger partial charge >= 0.3 is 5.97 Å². The number of aromatic amines is 1. The minimum Gasteiger partial charge on any atom is -0.481 e. The SMILES string of the molecule is O=C(O)CC(NC(=O)c1cc(=O)n(-c2ccc(F)cc2F)[nH]1)c1cccc(Cl)c1F. The first-order chi connectivity index (χ1) is 14.2. The molecule has 7 nitrogen and oxygen atoms in total. The van der Waals surface area contributed by atoms with Crippen LogP contribution < -0.4 is 10.9 Å². The summed E-state index contributed by atoms with van der Waals surface area (Å²) in [4.78, 5) is 35.8. The second-order valence-corrected chi connectivity index (χ2v) is 6.61. The maximum absolute atomic E-state index is 14.3. The maximum atomic E-state index is 14.3. The molecule has 1 amide bonds. The van der Waals surface area contributed by atoms with Crippen molar-refractivity contribution in [1.82, 2.24) is 15.1 Å². The number of carbonyl (C=O) groups is 2. The van der Waals surface area contributed by atoms with Crippen LogP contribution in [0.2, 0.25) is 5.02 Å². The quantitative estimate of drug-likeness (QED) is 0.548. The molecule has 0 aliphatic rings. The molecule has 1 aromatic heterocycles. The molecule has 1 unspecified atom stereocenters. The molecule has 3 aromatic rings. The predicted octanol–water partition coefficient (Wildman–Crippen LogP) is 3.18. The molecule has 156 valence electrons. The third-order valence-corrected chi connectivity index (χ3v) is 4.45. The van der Waals surface area contributed by atoms with E-state index >= 15 is 0 Å². The van der Waals surface area contributed by atoms with Crippen LogP contribution in [0.15, 0.2) is 47.3 Å². The molecule has 30 heavy (non-hydrogen) atoms. The Labute approximate surface area is 171 Å². The van der Waals surface area contributed by atoms with Crippen LogP contribution in [0.25, 0.3) is 5.69 Å². The van der Waals surface area contributed by atoms with Crippen molar-refractivity contribution >= 4 is 23.5 Å². The number of H-pyrrole nitrogens is 1. The molecule has 2 aromatic carbocycles. The number of nitrogens with one attached hydrogen (secondary N) is 2. The van der Waals surface area contributed by atoms with Gasteiger partial charge in [-0.1, -0.05) is 23.7 Å². The van der Waals surface area contributed by atoms with Gasteiger partial charge in [-0.15, -0.1) is 0 Å². The Morgan fingerprint density at radius 2 is 1.90 bits per heavy atom. The number of benzene rings is 2. The second-order valence-electron chi connectivity index (χ2n) is 6.21. The molecule has 0 saturated heterocycles. The Bertz CT molecular complexity index is 1190. The minimum atomic E-state index is -1.32. The molecule has 3 rings (SSSR count). The van der Waals surface area contributed by atoms with E-state index in [2.05, 4.69) is 10.4 Å². The standard InChI is InChI=1S/C19H13ClF3N3O4/c20-11-3-1-2-10(18(11)23)13(8-17(28)29)24-19(30)14-7-16(27)26(25-14)15-5-4-9(21)6-12(15)22/h1-7,13,25H,8H2,(H,24,30)(H,28,29). The van der Waals surface area contributed by atoms with Crippen LogP contribution in [-0.4, -0.2) is 26.8 Å². The molecule has 0 bridgehead atoms. The number of hydrogen-bond donors (Lipinski definition) is 3. The van der Waals surface area contributed by atoms with Gasteiger partial charge < -0.3 is 10.4 Å². The van der Waals surface area contributed by atoms with Crippen molar-refractivity contribution in [1.29, 1.82) is 0 Å². The average molecular weight is 440 g/mol. The molecule has 1 heterocycles. The number of amides is 1. The monoisotopic (exact) mass is 439 g/mol. The maximum Gasteiger partial charge on any atom is 0.305 e. The van der Waals surface area contributed by atoms with Gasteiger partial charge in [0.15, 0.2) is 5.82 Å². The van der Waals surface area contributed by atoms with E-state index in [1.165, 1.54) is 18.2 Å². The highest BCUT2D eigenvalue weighted by Gasteiger charge is 2.24. The number of carboxylic acids is 1. The first-order valence-electron chi connectivity index (χ1n) is 8.41. The summed E-state index contributed by atoms with van der Waals surface area (Å²) in [6.45, 7) is 0. The van der Waals surface area contributed by atoms with Gasteiger partial charge in [0.2, 0.25) is 0 Å². The Morgan fingerprint density at radius 3 is 2.57 bits per heavy atom. The van der Waals surface area contributed by atoms with Gasteiger partial charge in [0.1, 0.15) is 23.0 Å². The zero-order chi connectivity index (χ0) is 22.0. The van der Waals surface area contributed by atoms with Gasteiger partial charge in [-0.05, 0) is 18.2 Å². The summed E-state index contributed by atoms with van der Waals surface area (Å²) in [5, 5.41) is 13.5. The van der Waals surface area contributed by atoms with E-state index in [0.29, 0.717) is 10.7 Å². The van der Waals surface area contributed by atoms with Gasteiger partial charge in [-0.2, -0.15) is 0 Å². The van der Waals surface area contributed by atoms with Crippen molar-refractivity contribution in [3.8, 4) is 5.69 Å². The Morgan fingerprint density at radius 1 is 1.17 bits per heavy atom. The number of hydrogen-bond acceptors (Lipinski definition) is 3. The Hall–Kier alpha value is -3.53. The van der Waals surface area contributed by atoms with Crippen LogP contribution in [0.4, 0.5) is 13.2 Å². The fourth-order valence-electron chi connectivity index (χ4n) is 2.79. The molecule has 0 spiro atoms. The molecular formula is C19H13ClF3N3O4. The van der Waals surface area contributed by atoms with E-state index in [9.17, 15) is 27.6 Å². The molecule has 3 N–H and O–H groups in total. The van der Waals surface area contributed by atoms with Crippen molar-refractivity contribution in [2.75, 3.05) is 0 Å². The van der Waals surface area contributed by atoms with Crippen molar-refractivity contribution in [2.45, 2.75) is 12.5 Å². The van der Waals surface area contributed by atoms with Gasteiger partial charge in [-0.3, -0.25) is 19.5 Å². The van der Waals surface area contributed by atoms with E-state index in [-0.39, 0.29) is 22.0 Å². The number of carboxylic acid groups (broad SMARTS) is 1. The second kappa shape index (κ2) is 8.46. The highest BCUT2D eigenvalue weighted by atomic mass is 35.5.